The molecule has 0 unspecified atom stereocenters. The molecule has 0 bridgehead atoms. The molecule has 0 aliphatic carbocycles. The fourth-order valence-corrected chi connectivity index (χ4v) is 3.58. The monoisotopic (exact) mass is 337 g/mol. The Hall–Kier alpha value is -2.40. The molecule has 25 heavy (non-hydrogen) atoms. The van der Waals surface area contributed by atoms with E-state index in [9.17, 15) is 4.79 Å². The number of carbonyl (C=O) groups excluding carboxylic acids is 1. The average molecular weight is 337 g/mol. The fourth-order valence-electron chi connectivity index (χ4n) is 3.58. The molecule has 1 aromatic carbocycles. The largest absolute Gasteiger partial charge is 0.378 e. The van der Waals surface area contributed by atoms with Crippen LogP contribution in [0.25, 0.3) is 0 Å². The molecule has 0 N–H and O–H groups in total. The van der Waals surface area contributed by atoms with Gasteiger partial charge in [-0.2, -0.15) is 0 Å². The number of hydrogen-bond acceptors (Lipinski definition) is 4. The maximum atomic E-state index is 13.0. The molecule has 0 atom stereocenters. The van der Waals surface area contributed by atoms with E-state index in [1.54, 1.807) is 6.20 Å². The molecule has 2 aromatic rings. The van der Waals surface area contributed by atoms with Crippen LogP contribution in [0.1, 0.15) is 27.9 Å². The minimum atomic E-state index is 0.0332. The van der Waals surface area contributed by atoms with Gasteiger partial charge in [-0.1, -0.05) is 17.7 Å². The van der Waals surface area contributed by atoms with Crippen LogP contribution in [0.4, 0.5) is 11.5 Å². The number of pyridine rings is 1. The standard InChI is InChI=1S/C20H23N3O2/c1-15-4-6-18-16(13-15)3-2-8-23(18)20(24)17-5-7-19(21-14-17)22-9-11-25-12-10-22/h4-7,13-14H,2-3,8-12H2,1H3. The molecule has 4 rings (SSSR count). The van der Waals surface area contributed by atoms with Gasteiger partial charge in [-0.25, -0.2) is 4.98 Å². The molecule has 1 fully saturated rings. The Morgan fingerprint density at radius 1 is 1.12 bits per heavy atom. The van der Waals surface area contributed by atoms with E-state index < -0.39 is 0 Å². The topological polar surface area (TPSA) is 45.7 Å². The minimum Gasteiger partial charge on any atom is -0.378 e. The summed E-state index contributed by atoms with van der Waals surface area (Å²) < 4.78 is 5.37. The van der Waals surface area contributed by atoms with E-state index in [2.05, 4.69) is 35.0 Å². The number of fused-ring (bicyclic) bond motifs is 1. The zero-order chi connectivity index (χ0) is 17.2. The number of rotatable bonds is 2. The lowest BCUT2D eigenvalue weighted by Crippen LogP contribution is -2.37. The SMILES string of the molecule is Cc1ccc2c(c1)CCCN2C(=O)c1ccc(N2CCOCC2)nc1. The first-order valence-electron chi connectivity index (χ1n) is 8.92. The van der Waals surface area contributed by atoms with Crippen LogP contribution >= 0.6 is 0 Å². The first-order chi connectivity index (χ1) is 12.2. The van der Waals surface area contributed by atoms with Gasteiger partial charge in [0.25, 0.3) is 5.91 Å². The van der Waals surface area contributed by atoms with E-state index in [0.717, 1.165) is 57.2 Å². The predicted molar refractivity (Wildman–Crippen MR) is 98.4 cm³/mol. The van der Waals surface area contributed by atoms with Gasteiger partial charge in [0.05, 0.1) is 18.8 Å². The molecule has 5 nitrogen and oxygen atoms in total. The summed E-state index contributed by atoms with van der Waals surface area (Å²) in [4.78, 5) is 21.6. The van der Waals surface area contributed by atoms with Gasteiger partial charge in [-0.3, -0.25) is 4.79 Å². The number of aromatic nitrogens is 1. The van der Waals surface area contributed by atoms with E-state index in [0.29, 0.717) is 5.56 Å². The van der Waals surface area contributed by atoms with Crippen molar-refractivity contribution >= 4 is 17.4 Å². The number of carbonyl (C=O) groups is 1. The Morgan fingerprint density at radius 2 is 1.96 bits per heavy atom. The van der Waals surface area contributed by atoms with E-state index in [1.165, 1.54) is 11.1 Å². The van der Waals surface area contributed by atoms with Crippen LogP contribution in [-0.2, 0) is 11.2 Å². The summed E-state index contributed by atoms with van der Waals surface area (Å²) in [5, 5.41) is 0. The molecule has 3 heterocycles. The number of benzene rings is 1. The third kappa shape index (κ3) is 3.24. The van der Waals surface area contributed by atoms with Gasteiger partial charge >= 0.3 is 0 Å². The number of anilines is 2. The number of morpholine rings is 1. The van der Waals surface area contributed by atoms with E-state index in [1.807, 2.05) is 17.0 Å². The van der Waals surface area contributed by atoms with Gasteiger partial charge in [0.15, 0.2) is 0 Å². The first-order valence-corrected chi connectivity index (χ1v) is 8.92. The van der Waals surface area contributed by atoms with Crippen molar-refractivity contribution in [2.45, 2.75) is 19.8 Å². The first kappa shape index (κ1) is 16.1. The van der Waals surface area contributed by atoms with Gasteiger partial charge in [-0.15, -0.1) is 0 Å². The molecule has 0 spiro atoms. The second-order valence-corrected chi connectivity index (χ2v) is 6.70. The van der Waals surface area contributed by atoms with Crippen LogP contribution in [0.15, 0.2) is 36.5 Å². The van der Waals surface area contributed by atoms with Crippen molar-refractivity contribution in [2.75, 3.05) is 42.6 Å². The summed E-state index contributed by atoms with van der Waals surface area (Å²) in [6, 6.07) is 10.2. The molecule has 130 valence electrons. The quantitative estimate of drug-likeness (QED) is 0.845. The lowest BCUT2D eigenvalue weighted by atomic mass is 9.99. The number of nitrogens with zero attached hydrogens (tertiary/aromatic N) is 3. The Labute approximate surface area is 148 Å². The summed E-state index contributed by atoms with van der Waals surface area (Å²) in [5.41, 5.74) is 4.19. The third-order valence-corrected chi connectivity index (χ3v) is 4.93. The van der Waals surface area contributed by atoms with Crippen molar-refractivity contribution in [3.05, 3.63) is 53.2 Å². The average Bonchev–Trinajstić information content (AvgIpc) is 2.67. The molecule has 0 radical (unpaired) electrons. The van der Waals surface area contributed by atoms with Crippen molar-refractivity contribution < 1.29 is 9.53 Å². The highest BCUT2D eigenvalue weighted by molar-refractivity contribution is 6.06. The van der Waals surface area contributed by atoms with Crippen molar-refractivity contribution in [3.63, 3.8) is 0 Å². The molecular formula is C20H23N3O2. The van der Waals surface area contributed by atoms with Gasteiger partial charge in [-0.05, 0) is 43.5 Å². The molecule has 1 aromatic heterocycles. The fraction of sp³-hybridized carbons (Fsp3) is 0.400. The van der Waals surface area contributed by atoms with Crippen molar-refractivity contribution in [3.8, 4) is 0 Å². The second kappa shape index (κ2) is 6.84. The number of amides is 1. The lowest BCUT2D eigenvalue weighted by molar-refractivity contribution is 0.0984. The Bertz CT molecular complexity index is 767. The lowest BCUT2D eigenvalue weighted by Gasteiger charge is -2.30. The Kier molecular flexibility index (Phi) is 4.40. The van der Waals surface area contributed by atoms with E-state index in [-0.39, 0.29) is 5.91 Å². The molecule has 2 aliphatic rings. The van der Waals surface area contributed by atoms with Crippen LogP contribution in [0.2, 0.25) is 0 Å². The third-order valence-electron chi connectivity index (χ3n) is 4.93. The zero-order valence-electron chi connectivity index (χ0n) is 14.6. The maximum Gasteiger partial charge on any atom is 0.259 e. The van der Waals surface area contributed by atoms with Crippen molar-refractivity contribution in [1.29, 1.82) is 0 Å². The highest BCUT2D eigenvalue weighted by atomic mass is 16.5. The predicted octanol–water partition coefficient (Wildman–Crippen LogP) is 2.82. The van der Waals surface area contributed by atoms with E-state index >= 15 is 0 Å². The Morgan fingerprint density at radius 3 is 2.72 bits per heavy atom. The normalized spacial score (nSPS) is 17.3. The van der Waals surface area contributed by atoms with Crippen LogP contribution in [0, 0.1) is 6.92 Å². The highest BCUT2D eigenvalue weighted by Gasteiger charge is 2.24. The zero-order valence-corrected chi connectivity index (χ0v) is 14.6. The number of ether oxygens (including phenoxy) is 1. The van der Waals surface area contributed by atoms with Gasteiger partial charge in [0, 0.05) is 31.5 Å². The number of aryl methyl sites for hydroxylation is 2. The molecule has 1 amide bonds. The number of hydrogen-bond donors (Lipinski definition) is 0. The summed E-state index contributed by atoms with van der Waals surface area (Å²) in [7, 11) is 0. The maximum absolute atomic E-state index is 13.0. The van der Waals surface area contributed by atoms with Crippen LogP contribution < -0.4 is 9.80 Å². The molecular weight excluding hydrogens is 314 g/mol. The Balaban J connectivity index is 1.55. The van der Waals surface area contributed by atoms with Crippen molar-refractivity contribution in [1.82, 2.24) is 4.98 Å². The van der Waals surface area contributed by atoms with Gasteiger partial charge in [0.1, 0.15) is 5.82 Å². The summed E-state index contributed by atoms with van der Waals surface area (Å²) in [6.45, 7) is 6.01. The van der Waals surface area contributed by atoms with Gasteiger partial charge in [0.2, 0.25) is 0 Å². The summed E-state index contributed by atoms with van der Waals surface area (Å²) in [6.07, 6.45) is 3.74. The molecule has 0 saturated carbocycles. The summed E-state index contributed by atoms with van der Waals surface area (Å²) in [5.74, 6) is 0.945. The van der Waals surface area contributed by atoms with Gasteiger partial charge < -0.3 is 14.5 Å². The molecule has 2 aliphatic heterocycles. The highest BCUT2D eigenvalue weighted by Crippen LogP contribution is 2.29. The summed E-state index contributed by atoms with van der Waals surface area (Å²) >= 11 is 0. The smallest absolute Gasteiger partial charge is 0.259 e. The molecule has 5 heteroatoms. The second-order valence-electron chi connectivity index (χ2n) is 6.70. The minimum absolute atomic E-state index is 0.0332. The van der Waals surface area contributed by atoms with Crippen molar-refractivity contribution in [2.24, 2.45) is 0 Å². The molecule has 1 saturated heterocycles. The van der Waals surface area contributed by atoms with Crippen LogP contribution in [0.5, 0.6) is 0 Å². The van der Waals surface area contributed by atoms with E-state index in [4.69, 9.17) is 4.74 Å². The van der Waals surface area contributed by atoms with Crippen LogP contribution in [0.3, 0.4) is 0 Å². The van der Waals surface area contributed by atoms with Crippen LogP contribution in [-0.4, -0.2) is 43.7 Å².